The van der Waals surface area contributed by atoms with Gasteiger partial charge in [-0.1, -0.05) is 27.7 Å². The lowest BCUT2D eigenvalue weighted by Crippen LogP contribution is -2.48. The second-order valence-corrected chi connectivity index (χ2v) is 11.7. The lowest BCUT2D eigenvalue weighted by Gasteiger charge is -2.46. The van der Waals surface area contributed by atoms with Crippen LogP contribution in [0.2, 0.25) is 18.1 Å². The second-order valence-electron chi connectivity index (χ2n) is 6.92. The smallest absolute Gasteiger partial charge is 0.192 e. The highest BCUT2D eigenvalue weighted by Gasteiger charge is 2.43. The molecule has 1 rings (SSSR count). The topological polar surface area (TPSA) is 29.5 Å². The molecular weight excluding hydrogens is 204 g/mol. The minimum atomic E-state index is -1.60. The standard InChI is InChI=1S/C12H26O2Si/c1-11(2,3)15(5,6)14-9-12(4)7-10(13)8-12/h10,13H,7-9H2,1-6H3. The van der Waals surface area contributed by atoms with Crippen LogP contribution in [0.25, 0.3) is 0 Å². The summed E-state index contributed by atoms with van der Waals surface area (Å²) in [4.78, 5) is 0. The van der Waals surface area contributed by atoms with Crippen LogP contribution in [0.15, 0.2) is 0 Å². The van der Waals surface area contributed by atoms with Crippen molar-refractivity contribution >= 4 is 8.32 Å². The van der Waals surface area contributed by atoms with E-state index in [1.54, 1.807) is 0 Å². The van der Waals surface area contributed by atoms with E-state index in [-0.39, 0.29) is 16.6 Å². The van der Waals surface area contributed by atoms with E-state index < -0.39 is 8.32 Å². The third-order valence-electron chi connectivity index (χ3n) is 4.04. The lowest BCUT2D eigenvalue weighted by atomic mass is 9.69. The Hall–Kier alpha value is 0.137. The third-order valence-corrected chi connectivity index (χ3v) is 8.52. The van der Waals surface area contributed by atoms with E-state index in [9.17, 15) is 5.11 Å². The monoisotopic (exact) mass is 230 g/mol. The Balaban J connectivity index is 2.43. The SMILES string of the molecule is CC1(CO[Si](C)(C)C(C)(C)C)CC(O)C1. The quantitative estimate of drug-likeness (QED) is 0.755. The van der Waals surface area contributed by atoms with Gasteiger partial charge in [0.1, 0.15) is 0 Å². The molecule has 0 saturated heterocycles. The lowest BCUT2D eigenvalue weighted by molar-refractivity contribution is -0.0483. The zero-order valence-corrected chi connectivity index (χ0v) is 12.1. The minimum absolute atomic E-state index is 0.0852. The van der Waals surface area contributed by atoms with E-state index >= 15 is 0 Å². The van der Waals surface area contributed by atoms with E-state index in [0.717, 1.165) is 19.4 Å². The number of aliphatic hydroxyl groups is 1. The minimum Gasteiger partial charge on any atom is -0.416 e. The first-order valence-electron chi connectivity index (χ1n) is 5.88. The Morgan fingerprint density at radius 3 is 2.13 bits per heavy atom. The van der Waals surface area contributed by atoms with Crippen LogP contribution in [0, 0.1) is 5.41 Å². The molecule has 1 N–H and O–H groups in total. The van der Waals surface area contributed by atoms with Crippen LogP contribution < -0.4 is 0 Å². The molecule has 0 atom stereocenters. The predicted octanol–water partition coefficient (Wildman–Crippen LogP) is 3.17. The molecule has 2 nitrogen and oxygen atoms in total. The van der Waals surface area contributed by atoms with E-state index in [0.29, 0.717) is 0 Å². The van der Waals surface area contributed by atoms with Crippen molar-refractivity contribution in [2.24, 2.45) is 5.41 Å². The molecular formula is C12H26O2Si. The molecule has 1 aliphatic rings. The molecule has 15 heavy (non-hydrogen) atoms. The highest BCUT2D eigenvalue weighted by molar-refractivity contribution is 6.74. The normalized spacial score (nSPS) is 32.6. The van der Waals surface area contributed by atoms with Gasteiger partial charge in [0, 0.05) is 6.61 Å². The first kappa shape index (κ1) is 13.2. The molecule has 0 heterocycles. The van der Waals surface area contributed by atoms with Gasteiger partial charge >= 0.3 is 0 Å². The Morgan fingerprint density at radius 1 is 1.33 bits per heavy atom. The average molecular weight is 230 g/mol. The van der Waals surface area contributed by atoms with Crippen molar-refractivity contribution in [1.29, 1.82) is 0 Å². The van der Waals surface area contributed by atoms with Crippen LogP contribution in [0.1, 0.15) is 40.5 Å². The van der Waals surface area contributed by atoms with Gasteiger partial charge in [-0.15, -0.1) is 0 Å². The van der Waals surface area contributed by atoms with Crippen molar-refractivity contribution in [2.75, 3.05) is 6.61 Å². The number of hydrogen-bond acceptors (Lipinski definition) is 2. The predicted molar refractivity (Wildman–Crippen MR) is 66.5 cm³/mol. The van der Waals surface area contributed by atoms with Crippen LogP contribution in [0.4, 0.5) is 0 Å². The molecule has 0 spiro atoms. The van der Waals surface area contributed by atoms with E-state index in [2.05, 4.69) is 40.8 Å². The first-order chi connectivity index (χ1) is 6.56. The average Bonchev–Trinajstić information content (AvgIpc) is 1.96. The molecule has 90 valence electrons. The van der Waals surface area contributed by atoms with Crippen molar-refractivity contribution < 1.29 is 9.53 Å². The summed E-state index contributed by atoms with van der Waals surface area (Å²) in [7, 11) is -1.60. The second kappa shape index (κ2) is 3.86. The van der Waals surface area contributed by atoms with Gasteiger partial charge in [-0.25, -0.2) is 0 Å². The van der Waals surface area contributed by atoms with E-state index in [1.165, 1.54) is 0 Å². The highest BCUT2D eigenvalue weighted by Crippen LogP contribution is 2.43. The van der Waals surface area contributed by atoms with Crippen LogP contribution in [-0.4, -0.2) is 26.1 Å². The molecule has 3 heteroatoms. The van der Waals surface area contributed by atoms with Gasteiger partial charge in [0.15, 0.2) is 8.32 Å². The van der Waals surface area contributed by atoms with Gasteiger partial charge in [0.2, 0.25) is 0 Å². The summed E-state index contributed by atoms with van der Waals surface area (Å²) < 4.78 is 6.18. The largest absolute Gasteiger partial charge is 0.416 e. The van der Waals surface area contributed by atoms with Crippen LogP contribution >= 0.6 is 0 Å². The highest BCUT2D eigenvalue weighted by atomic mass is 28.4. The molecule has 0 unspecified atom stereocenters. The fourth-order valence-electron chi connectivity index (χ4n) is 1.77. The molecule has 0 aliphatic heterocycles. The molecule has 1 saturated carbocycles. The van der Waals surface area contributed by atoms with Gasteiger partial charge in [0.05, 0.1) is 6.10 Å². The summed E-state index contributed by atoms with van der Waals surface area (Å²) in [6, 6.07) is 0. The molecule has 1 aliphatic carbocycles. The van der Waals surface area contributed by atoms with Gasteiger partial charge in [0.25, 0.3) is 0 Å². The third kappa shape index (κ3) is 3.05. The zero-order chi connectivity index (χ0) is 11.9. The molecule has 0 aromatic carbocycles. The van der Waals surface area contributed by atoms with Crippen molar-refractivity contribution in [3.05, 3.63) is 0 Å². The van der Waals surface area contributed by atoms with Crippen molar-refractivity contribution in [2.45, 2.75) is 64.8 Å². The van der Waals surface area contributed by atoms with Crippen molar-refractivity contribution in [3.8, 4) is 0 Å². The molecule has 0 aromatic heterocycles. The maximum absolute atomic E-state index is 9.33. The van der Waals surface area contributed by atoms with Crippen molar-refractivity contribution in [3.63, 3.8) is 0 Å². The Morgan fingerprint density at radius 2 is 1.80 bits per heavy atom. The summed E-state index contributed by atoms with van der Waals surface area (Å²) in [5.41, 5.74) is 0.231. The van der Waals surface area contributed by atoms with Gasteiger partial charge in [-0.2, -0.15) is 0 Å². The van der Waals surface area contributed by atoms with Crippen LogP contribution in [0.5, 0.6) is 0 Å². The molecule has 0 amide bonds. The summed E-state index contributed by atoms with van der Waals surface area (Å²) in [6.45, 7) is 14.4. The molecule has 1 fully saturated rings. The van der Waals surface area contributed by atoms with Crippen LogP contribution in [-0.2, 0) is 4.43 Å². The van der Waals surface area contributed by atoms with Gasteiger partial charge in [-0.3, -0.25) is 0 Å². The Kier molecular flexibility index (Phi) is 3.40. The number of rotatable bonds is 3. The maximum atomic E-state index is 9.33. The molecule has 0 radical (unpaired) electrons. The summed E-state index contributed by atoms with van der Waals surface area (Å²) in [6.07, 6.45) is 1.72. The van der Waals surface area contributed by atoms with E-state index in [4.69, 9.17) is 4.43 Å². The maximum Gasteiger partial charge on any atom is 0.192 e. The number of hydrogen-bond donors (Lipinski definition) is 1. The first-order valence-corrected chi connectivity index (χ1v) is 8.79. The Labute approximate surface area is 95.2 Å². The number of aliphatic hydroxyl groups excluding tert-OH is 1. The molecule has 0 aromatic rings. The summed E-state index contributed by atoms with van der Waals surface area (Å²) >= 11 is 0. The zero-order valence-electron chi connectivity index (χ0n) is 11.1. The van der Waals surface area contributed by atoms with Gasteiger partial charge in [-0.05, 0) is 36.4 Å². The van der Waals surface area contributed by atoms with Crippen molar-refractivity contribution in [1.82, 2.24) is 0 Å². The summed E-state index contributed by atoms with van der Waals surface area (Å²) in [5, 5.41) is 9.61. The Bertz CT molecular complexity index is 224. The van der Waals surface area contributed by atoms with Crippen LogP contribution in [0.3, 0.4) is 0 Å². The fraction of sp³-hybridized carbons (Fsp3) is 1.00. The van der Waals surface area contributed by atoms with E-state index in [1.807, 2.05) is 0 Å². The fourth-order valence-corrected chi connectivity index (χ4v) is 2.91. The van der Waals surface area contributed by atoms with Gasteiger partial charge < -0.3 is 9.53 Å². The summed E-state index contributed by atoms with van der Waals surface area (Å²) in [5.74, 6) is 0. The molecule has 0 bridgehead atoms.